The van der Waals surface area contributed by atoms with Gasteiger partial charge < -0.3 is 19.9 Å². The first kappa shape index (κ1) is 23.7. The van der Waals surface area contributed by atoms with E-state index in [2.05, 4.69) is 55.4 Å². The van der Waals surface area contributed by atoms with Crippen molar-refractivity contribution in [1.29, 1.82) is 0 Å². The number of para-hydroxylation sites is 1. The molecular weight excluding hydrogens is 499 g/mol. The molecule has 1 saturated heterocycles. The van der Waals surface area contributed by atoms with Crippen molar-refractivity contribution >= 4 is 46.6 Å². The summed E-state index contributed by atoms with van der Waals surface area (Å²) in [6.07, 6.45) is 0.886. The van der Waals surface area contributed by atoms with Crippen LogP contribution in [0.4, 0.5) is 5.13 Å². The summed E-state index contributed by atoms with van der Waals surface area (Å²) >= 11 is 1.50. The molecule has 2 aromatic rings. The van der Waals surface area contributed by atoms with E-state index >= 15 is 0 Å². The average Bonchev–Trinajstić information content (AvgIpc) is 3.23. The second-order valence-electron chi connectivity index (χ2n) is 6.89. The van der Waals surface area contributed by atoms with Gasteiger partial charge in [0.15, 0.2) is 5.96 Å². The maximum Gasteiger partial charge on any atom is 0.205 e. The Labute approximate surface area is 194 Å². The molecule has 29 heavy (non-hydrogen) atoms. The number of hydrogen-bond acceptors (Lipinski definition) is 6. The molecule has 3 rings (SSSR count). The lowest BCUT2D eigenvalue weighted by Crippen LogP contribution is -2.53. The molecule has 160 valence electrons. The zero-order valence-electron chi connectivity index (χ0n) is 17.6. The zero-order chi connectivity index (χ0) is 19.9. The van der Waals surface area contributed by atoms with Gasteiger partial charge in [0.25, 0.3) is 0 Å². The largest absolute Gasteiger partial charge is 0.496 e. The molecule has 9 heteroatoms. The second-order valence-corrected chi connectivity index (χ2v) is 7.62. The van der Waals surface area contributed by atoms with Crippen LogP contribution in [0, 0.1) is 0 Å². The number of benzene rings is 1. The van der Waals surface area contributed by atoms with Gasteiger partial charge in [-0.3, -0.25) is 4.99 Å². The highest BCUT2D eigenvalue weighted by molar-refractivity contribution is 14.0. The van der Waals surface area contributed by atoms with Crippen LogP contribution in [0.2, 0.25) is 0 Å². The molecule has 0 radical (unpaired) electrons. The van der Waals surface area contributed by atoms with Gasteiger partial charge in [-0.25, -0.2) is 4.98 Å². The fourth-order valence-corrected chi connectivity index (χ4v) is 4.19. The van der Waals surface area contributed by atoms with E-state index in [0.717, 1.165) is 61.8 Å². The first-order chi connectivity index (χ1) is 13.7. The Balaban J connectivity index is 0.00000300. The SMILES string of the molecule is CCc1nsc(N2CCN(C(=NC)NCC(C)c3ccccc3OC)CC2)n1.I. The number of rotatable bonds is 6. The molecule has 7 nitrogen and oxygen atoms in total. The van der Waals surface area contributed by atoms with Crippen molar-refractivity contribution in [3.63, 3.8) is 0 Å². The van der Waals surface area contributed by atoms with E-state index in [1.807, 2.05) is 19.2 Å². The van der Waals surface area contributed by atoms with Crippen molar-refractivity contribution in [2.45, 2.75) is 26.2 Å². The summed E-state index contributed by atoms with van der Waals surface area (Å²) in [7, 11) is 3.57. The number of aromatic nitrogens is 2. The van der Waals surface area contributed by atoms with Gasteiger partial charge in [0, 0.05) is 63.6 Å². The standard InChI is InChI=1S/C20H30N6OS.HI/c1-5-18-23-20(28-24-18)26-12-10-25(11-13-26)19(21-3)22-14-15(2)16-8-6-7-9-17(16)27-4;/h6-9,15H,5,10-14H2,1-4H3,(H,21,22);1H. The van der Waals surface area contributed by atoms with Crippen molar-refractivity contribution in [1.82, 2.24) is 19.6 Å². The van der Waals surface area contributed by atoms with Crippen LogP contribution in [-0.2, 0) is 6.42 Å². The third-order valence-electron chi connectivity index (χ3n) is 5.07. The van der Waals surface area contributed by atoms with Crippen LogP contribution in [0.5, 0.6) is 5.75 Å². The van der Waals surface area contributed by atoms with Crippen molar-refractivity contribution in [2.75, 3.05) is 51.8 Å². The number of nitrogens with one attached hydrogen (secondary N) is 1. The minimum absolute atomic E-state index is 0. The molecule has 0 aliphatic carbocycles. The molecule has 1 fully saturated rings. The maximum absolute atomic E-state index is 5.50. The van der Waals surface area contributed by atoms with Crippen LogP contribution in [0.15, 0.2) is 29.3 Å². The van der Waals surface area contributed by atoms with Crippen LogP contribution < -0.4 is 15.0 Å². The lowest BCUT2D eigenvalue weighted by Gasteiger charge is -2.36. The van der Waals surface area contributed by atoms with E-state index in [1.54, 1.807) is 7.11 Å². The number of aryl methyl sites for hydroxylation is 1. The number of hydrogen-bond donors (Lipinski definition) is 1. The van der Waals surface area contributed by atoms with Crippen LogP contribution in [0.1, 0.15) is 31.2 Å². The van der Waals surface area contributed by atoms with Gasteiger partial charge in [-0.05, 0) is 11.6 Å². The lowest BCUT2D eigenvalue weighted by molar-refractivity contribution is 0.370. The molecule has 1 aliphatic heterocycles. The number of nitrogens with zero attached hydrogens (tertiary/aromatic N) is 5. The smallest absolute Gasteiger partial charge is 0.205 e. The summed E-state index contributed by atoms with van der Waals surface area (Å²) in [6, 6.07) is 8.19. The molecule has 2 heterocycles. The lowest BCUT2D eigenvalue weighted by atomic mass is 10.0. The van der Waals surface area contributed by atoms with Crippen LogP contribution in [0.3, 0.4) is 0 Å². The number of piperazine rings is 1. The van der Waals surface area contributed by atoms with Crippen LogP contribution in [-0.4, -0.2) is 67.1 Å². The molecule has 1 N–H and O–H groups in total. The van der Waals surface area contributed by atoms with Crippen molar-refractivity contribution in [3.8, 4) is 5.75 Å². The van der Waals surface area contributed by atoms with E-state index < -0.39 is 0 Å². The molecule has 0 amide bonds. The third kappa shape index (κ3) is 5.94. The molecule has 0 bridgehead atoms. The van der Waals surface area contributed by atoms with Gasteiger partial charge in [0.1, 0.15) is 11.6 Å². The molecule has 1 unspecified atom stereocenters. The summed E-state index contributed by atoms with van der Waals surface area (Å²) in [6.45, 7) is 8.81. The number of methoxy groups -OCH3 is 1. The minimum Gasteiger partial charge on any atom is -0.496 e. The van der Waals surface area contributed by atoms with Crippen molar-refractivity contribution in [3.05, 3.63) is 35.7 Å². The number of guanidine groups is 1. The second kappa shape index (κ2) is 11.5. The molecule has 1 aromatic heterocycles. The first-order valence-electron chi connectivity index (χ1n) is 9.82. The average molecular weight is 530 g/mol. The summed E-state index contributed by atoms with van der Waals surface area (Å²) < 4.78 is 9.90. The quantitative estimate of drug-likeness (QED) is 0.352. The predicted octanol–water partition coefficient (Wildman–Crippen LogP) is 3.23. The predicted molar refractivity (Wildman–Crippen MR) is 131 cm³/mol. The van der Waals surface area contributed by atoms with E-state index in [1.165, 1.54) is 17.1 Å². The Kier molecular flexibility index (Phi) is 9.41. The fourth-order valence-electron chi connectivity index (χ4n) is 3.39. The Bertz CT molecular complexity index is 791. The topological polar surface area (TPSA) is 65.9 Å². The Morgan fingerprint density at radius 1 is 1.28 bits per heavy atom. The van der Waals surface area contributed by atoms with Gasteiger partial charge in [-0.2, -0.15) is 4.37 Å². The molecule has 1 aromatic carbocycles. The van der Waals surface area contributed by atoms with E-state index in [9.17, 15) is 0 Å². The molecular formula is C20H31IN6OS. The highest BCUT2D eigenvalue weighted by atomic mass is 127. The minimum atomic E-state index is 0. The van der Waals surface area contributed by atoms with Crippen LogP contribution in [0.25, 0.3) is 0 Å². The Hall–Kier alpha value is -1.62. The zero-order valence-corrected chi connectivity index (χ0v) is 20.7. The summed E-state index contributed by atoms with van der Waals surface area (Å²) in [4.78, 5) is 13.7. The van der Waals surface area contributed by atoms with E-state index in [0.29, 0.717) is 5.92 Å². The number of ether oxygens (including phenoxy) is 1. The Morgan fingerprint density at radius 3 is 2.62 bits per heavy atom. The van der Waals surface area contributed by atoms with Gasteiger partial charge in [-0.15, -0.1) is 24.0 Å². The van der Waals surface area contributed by atoms with Gasteiger partial charge in [0.2, 0.25) is 5.13 Å². The van der Waals surface area contributed by atoms with Gasteiger partial charge in [-0.1, -0.05) is 32.0 Å². The molecule has 1 aliphatic rings. The van der Waals surface area contributed by atoms with Crippen LogP contribution >= 0.6 is 35.5 Å². The number of aliphatic imine (C=N–C) groups is 1. The van der Waals surface area contributed by atoms with E-state index in [-0.39, 0.29) is 24.0 Å². The summed E-state index contributed by atoms with van der Waals surface area (Å²) in [5, 5.41) is 4.56. The molecule has 0 spiro atoms. The highest BCUT2D eigenvalue weighted by Crippen LogP contribution is 2.25. The number of halogens is 1. The van der Waals surface area contributed by atoms with Gasteiger partial charge >= 0.3 is 0 Å². The van der Waals surface area contributed by atoms with E-state index in [4.69, 9.17) is 4.74 Å². The third-order valence-corrected chi connectivity index (χ3v) is 5.89. The van der Waals surface area contributed by atoms with Crippen molar-refractivity contribution < 1.29 is 4.74 Å². The maximum atomic E-state index is 5.50. The molecule has 1 atom stereocenters. The summed E-state index contributed by atoms with van der Waals surface area (Å²) in [5.41, 5.74) is 1.21. The van der Waals surface area contributed by atoms with Crippen molar-refractivity contribution in [2.24, 2.45) is 4.99 Å². The fraction of sp³-hybridized carbons (Fsp3) is 0.550. The number of anilines is 1. The first-order valence-corrected chi connectivity index (χ1v) is 10.6. The monoisotopic (exact) mass is 530 g/mol. The molecule has 0 saturated carbocycles. The normalized spacial score (nSPS) is 15.7. The highest BCUT2D eigenvalue weighted by Gasteiger charge is 2.22. The van der Waals surface area contributed by atoms with Gasteiger partial charge in [0.05, 0.1) is 7.11 Å². The summed E-state index contributed by atoms with van der Waals surface area (Å²) in [5.74, 6) is 3.14. The Morgan fingerprint density at radius 2 is 2.00 bits per heavy atom.